The lowest BCUT2D eigenvalue weighted by molar-refractivity contribution is -0.130. The average Bonchev–Trinajstić information content (AvgIpc) is 3.06. The highest BCUT2D eigenvalue weighted by atomic mass is 16.6. The zero-order chi connectivity index (χ0) is 19.2. The smallest absolute Gasteiger partial charge is 0.410 e. The summed E-state index contributed by atoms with van der Waals surface area (Å²) in [4.78, 5) is 28.4. The molecule has 2 aliphatic rings. The second-order valence-electron chi connectivity index (χ2n) is 7.77. The first-order chi connectivity index (χ1) is 13.0. The van der Waals surface area contributed by atoms with Gasteiger partial charge in [0.25, 0.3) is 0 Å². The zero-order valence-corrected chi connectivity index (χ0v) is 16.2. The SMILES string of the molecule is C=C(C)C1CCN(CCC2CCN(C(=O)OCc3ccccc3)CC2)C1=O. The van der Waals surface area contributed by atoms with Crippen LogP contribution in [0.2, 0.25) is 0 Å². The lowest BCUT2D eigenvalue weighted by Crippen LogP contribution is -2.39. The van der Waals surface area contributed by atoms with Gasteiger partial charge in [-0.15, -0.1) is 0 Å². The molecular weight excluding hydrogens is 340 g/mol. The Bertz CT molecular complexity index is 665. The molecule has 0 spiro atoms. The molecule has 0 N–H and O–H groups in total. The van der Waals surface area contributed by atoms with Crippen LogP contribution in [0, 0.1) is 11.8 Å². The van der Waals surface area contributed by atoms with Crippen LogP contribution in [-0.4, -0.2) is 48.0 Å². The predicted octanol–water partition coefficient (Wildman–Crippen LogP) is 3.85. The van der Waals surface area contributed by atoms with Gasteiger partial charge in [-0.25, -0.2) is 4.79 Å². The predicted molar refractivity (Wildman–Crippen MR) is 105 cm³/mol. The Balaban J connectivity index is 1.36. The van der Waals surface area contributed by atoms with E-state index in [0.29, 0.717) is 12.5 Å². The minimum atomic E-state index is -0.226. The number of rotatable bonds is 6. The van der Waals surface area contributed by atoms with Crippen LogP contribution < -0.4 is 0 Å². The number of nitrogens with zero attached hydrogens (tertiary/aromatic N) is 2. The summed E-state index contributed by atoms with van der Waals surface area (Å²) in [5.74, 6) is 0.829. The fraction of sp³-hybridized carbons (Fsp3) is 0.545. The van der Waals surface area contributed by atoms with Crippen molar-refractivity contribution in [3.63, 3.8) is 0 Å². The number of amides is 2. The summed E-state index contributed by atoms with van der Waals surface area (Å²) in [6, 6.07) is 9.75. The molecule has 5 heteroatoms. The molecule has 1 atom stereocenters. The second kappa shape index (κ2) is 9.07. The van der Waals surface area contributed by atoms with Crippen molar-refractivity contribution in [3.8, 4) is 0 Å². The van der Waals surface area contributed by atoms with Crippen LogP contribution in [0.3, 0.4) is 0 Å². The highest BCUT2D eigenvalue weighted by molar-refractivity contribution is 5.83. The van der Waals surface area contributed by atoms with Crippen molar-refractivity contribution >= 4 is 12.0 Å². The number of ether oxygens (including phenoxy) is 1. The molecule has 0 aromatic heterocycles. The largest absolute Gasteiger partial charge is 0.445 e. The van der Waals surface area contributed by atoms with Crippen LogP contribution >= 0.6 is 0 Å². The minimum absolute atomic E-state index is 0.0197. The first-order valence-corrected chi connectivity index (χ1v) is 9.94. The number of hydrogen-bond donors (Lipinski definition) is 0. The Morgan fingerprint density at radius 2 is 1.85 bits per heavy atom. The molecule has 2 heterocycles. The first-order valence-electron chi connectivity index (χ1n) is 9.94. The van der Waals surface area contributed by atoms with E-state index in [1.807, 2.05) is 42.2 Å². The summed E-state index contributed by atoms with van der Waals surface area (Å²) in [5.41, 5.74) is 1.98. The Morgan fingerprint density at radius 3 is 2.48 bits per heavy atom. The minimum Gasteiger partial charge on any atom is -0.445 e. The third-order valence-electron chi connectivity index (χ3n) is 5.78. The van der Waals surface area contributed by atoms with Gasteiger partial charge in [-0.05, 0) is 44.1 Å². The Morgan fingerprint density at radius 1 is 1.15 bits per heavy atom. The molecule has 2 saturated heterocycles. The van der Waals surface area contributed by atoms with Gasteiger partial charge in [-0.2, -0.15) is 0 Å². The van der Waals surface area contributed by atoms with Gasteiger partial charge in [0, 0.05) is 26.2 Å². The van der Waals surface area contributed by atoms with Crippen LogP contribution in [0.5, 0.6) is 0 Å². The molecule has 27 heavy (non-hydrogen) atoms. The van der Waals surface area contributed by atoms with Gasteiger partial charge in [-0.1, -0.05) is 42.5 Å². The van der Waals surface area contributed by atoms with E-state index in [1.165, 1.54) is 0 Å². The summed E-state index contributed by atoms with van der Waals surface area (Å²) >= 11 is 0. The molecule has 2 fully saturated rings. The number of piperidine rings is 1. The van der Waals surface area contributed by atoms with Gasteiger partial charge >= 0.3 is 6.09 Å². The van der Waals surface area contributed by atoms with Crippen molar-refractivity contribution in [3.05, 3.63) is 48.0 Å². The van der Waals surface area contributed by atoms with Crippen LogP contribution in [0.4, 0.5) is 4.79 Å². The quantitative estimate of drug-likeness (QED) is 0.715. The van der Waals surface area contributed by atoms with Gasteiger partial charge in [-0.3, -0.25) is 4.79 Å². The summed E-state index contributed by atoms with van der Waals surface area (Å²) in [5, 5.41) is 0. The molecule has 1 aromatic rings. The molecule has 0 saturated carbocycles. The molecule has 0 aliphatic carbocycles. The second-order valence-corrected chi connectivity index (χ2v) is 7.77. The van der Waals surface area contributed by atoms with Crippen LogP contribution in [0.15, 0.2) is 42.5 Å². The summed E-state index contributed by atoms with van der Waals surface area (Å²) in [6.45, 7) is 9.34. The lowest BCUT2D eigenvalue weighted by Gasteiger charge is -2.32. The van der Waals surface area contributed by atoms with Crippen molar-refractivity contribution in [2.24, 2.45) is 11.8 Å². The number of carbonyl (C=O) groups is 2. The molecule has 1 aromatic carbocycles. The van der Waals surface area contributed by atoms with Crippen LogP contribution in [-0.2, 0) is 16.1 Å². The summed E-state index contributed by atoms with van der Waals surface area (Å²) in [7, 11) is 0. The van der Waals surface area contributed by atoms with Crippen molar-refractivity contribution in [1.29, 1.82) is 0 Å². The molecule has 0 bridgehead atoms. The normalized spacial score (nSPS) is 20.8. The van der Waals surface area contributed by atoms with Crippen molar-refractivity contribution < 1.29 is 14.3 Å². The van der Waals surface area contributed by atoms with Gasteiger partial charge in [0.2, 0.25) is 5.91 Å². The van der Waals surface area contributed by atoms with Crippen molar-refractivity contribution in [2.45, 2.75) is 39.2 Å². The number of hydrogen-bond acceptors (Lipinski definition) is 3. The van der Waals surface area contributed by atoms with Gasteiger partial charge in [0.1, 0.15) is 6.61 Å². The van der Waals surface area contributed by atoms with E-state index < -0.39 is 0 Å². The number of carbonyl (C=O) groups excluding carboxylic acids is 2. The Labute approximate surface area is 162 Å². The van der Waals surface area contributed by atoms with Crippen molar-refractivity contribution in [2.75, 3.05) is 26.2 Å². The molecule has 0 radical (unpaired) electrons. The lowest BCUT2D eigenvalue weighted by atomic mass is 9.93. The van der Waals surface area contributed by atoms with Crippen LogP contribution in [0.25, 0.3) is 0 Å². The van der Waals surface area contributed by atoms with E-state index in [-0.39, 0.29) is 17.9 Å². The number of benzene rings is 1. The van der Waals surface area contributed by atoms with E-state index in [9.17, 15) is 9.59 Å². The molecule has 2 amide bonds. The van der Waals surface area contributed by atoms with E-state index >= 15 is 0 Å². The highest BCUT2D eigenvalue weighted by Gasteiger charge is 2.32. The van der Waals surface area contributed by atoms with E-state index in [0.717, 1.165) is 63.0 Å². The third-order valence-corrected chi connectivity index (χ3v) is 5.78. The van der Waals surface area contributed by atoms with E-state index in [2.05, 4.69) is 6.58 Å². The molecule has 1 unspecified atom stereocenters. The molecular formula is C22H30N2O3. The average molecular weight is 370 g/mol. The van der Waals surface area contributed by atoms with Gasteiger partial charge in [0.05, 0.1) is 5.92 Å². The van der Waals surface area contributed by atoms with Crippen LogP contribution in [0.1, 0.15) is 38.2 Å². The molecule has 2 aliphatic heterocycles. The zero-order valence-electron chi connectivity index (χ0n) is 16.2. The first kappa shape index (κ1) is 19.5. The Kier molecular flexibility index (Phi) is 6.54. The maximum Gasteiger partial charge on any atom is 0.410 e. The highest BCUT2D eigenvalue weighted by Crippen LogP contribution is 2.26. The summed E-state index contributed by atoms with van der Waals surface area (Å²) < 4.78 is 5.42. The van der Waals surface area contributed by atoms with E-state index in [4.69, 9.17) is 4.74 Å². The fourth-order valence-corrected chi connectivity index (χ4v) is 3.97. The van der Waals surface area contributed by atoms with E-state index in [1.54, 1.807) is 4.90 Å². The fourth-order valence-electron chi connectivity index (χ4n) is 3.97. The molecule has 5 nitrogen and oxygen atoms in total. The Hall–Kier alpha value is -2.30. The number of likely N-dealkylation sites (tertiary alicyclic amines) is 2. The topological polar surface area (TPSA) is 49.9 Å². The molecule has 146 valence electrons. The third kappa shape index (κ3) is 5.12. The van der Waals surface area contributed by atoms with Crippen molar-refractivity contribution in [1.82, 2.24) is 9.80 Å². The summed E-state index contributed by atoms with van der Waals surface area (Å²) in [6.07, 6.45) is 3.65. The monoisotopic (exact) mass is 370 g/mol. The maximum atomic E-state index is 12.3. The van der Waals surface area contributed by atoms with Gasteiger partial charge < -0.3 is 14.5 Å². The maximum absolute atomic E-state index is 12.3. The van der Waals surface area contributed by atoms with Gasteiger partial charge in [0.15, 0.2) is 0 Å². The molecule has 3 rings (SSSR count). The standard InChI is InChI=1S/C22H30N2O3/c1-17(2)20-11-15-23(21(20)25)12-8-18-9-13-24(14-10-18)22(26)27-16-19-6-4-3-5-7-19/h3-7,18,20H,1,8-16H2,2H3.